The third-order valence-electron chi connectivity index (χ3n) is 3.52. The predicted octanol–water partition coefficient (Wildman–Crippen LogP) is 2.62. The van der Waals surface area contributed by atoms with Gasteiger partial charge < -0.3 is 10.8 Å². The van der Waals surface area contributed by atoms with Gasteiger partial charge in [-0.05, 0) is 61.8 Å². The molecule has 15 heavy (non-hydrogen) atoms. The third-order valence-corrected chi connectivity index (χ3v) is 3.52. The van der Waals surface area contributed by atoms with E-state index in [-0.39, 0.29) is 0 Å². The number of phenols is 1. The summed E-state index contributed by atoms with van der Waals surface area (Å²) in [6.45, 7) is 0.826. The highest BCUT2D eigenvalue weighted by Gasteiger charge is 2.21. The summed E-state index contributed by atoms with van der Waals surface area (Å²) >= 11 is 0. The minimum absolute atomic E-state index is 0.383. The Kier molecular flexibility index (Phi) is 3.27. The second-order valence-corrected chi connectivity index (χ2v) is 4.55. The van der Waals surface area contributed by atoms with Gasteiger partial charge in [0.25, 0.3) is 0 Å². The lowest BCUT2D eigenvalue weighted by atomic mass is 9.79. The number of hydrogen-bond acceptors (Lipinski definition) is 2. The van der Waals surface area contributed by atoms with Crippen LogP contribution in [0.3, 0.4) is 0 Å². The van der Waals surface area contributed by atoms with Crippen LogP contribution in [-0.4, -0.2) is 11.7 Å². The monoisotopic (exact) mass is 205 g/mol. The smallest absolute Gasteiger partial charge is 0.115 e. The Labute approximate surface area is 91.1 Å². The summed E-state index contributed by atoms with van der Waals surface area (Å²) in [5.74, 6) is 1.73. The first-order valence-electron chi connectivity index (χ1n) is 5.78. The normalized spacial score (nSPS) is 26.5. The second-order valence-electron chi connectivity index (χ2n) is 4.55. The molecule has 0 unspecified atom stereocenters. The lowest BCUT2D eigenvalue weighted by molar-refractivity contribution is 0.332. The van der Waals surface area contributed by atoms with Crippen LogP contribution in [0.5, 0.6) is 5.75 Å². The van der Waals surface area contributed by atoms with Gasteiger partial charge in [-0.25, -0.2) is 0 Å². The first-order chi connectivity index (χ1) is 7.29. The number of hydrogen-bond donors (Lipinski definition) is 2. The zero-order valence-electron chi connectivity index (χ0n) is 9.02. The van der Waals surface area contributed by atoms with Gasteiger partial charge in [0.1, 0.15) is 5.75 Å². The van der Waals surface area contributed by atoms with Crippen LogP contribution < -0.4 is 5.73 Å². The van der Waals surface area contributed by atoms with Crippen molar-refractivity contribution in [3.63, 3.8) is 0 Å². The molecule has 1 aliphatic rings. The van der Waals surface area contributed by atoms with Gasteiger partial charge in [0.05, 0.1) is 0 Å². The van der Waals surface area contributed by atoms with Crippen molar-refractivity contribution < 1.29 is 5.11 Å². The molecule has 0 bridgehead atoms. The van der Waals surface area contributed by atoms with E-state index in [1.54, 1.807) is 6.07 Å². The Morgan fingerprint density at radius 2 is 1.93 bits per heavy atom. The summed E-state index contributed by atoms with van der Waals surface area (Å²) in [5, 5.41) is 9.42. The molecule has 0 atom stereocenters. The van der Waals surface area contributed by atoms with Gasteiger partial charge >= 0.3 is 0 Å². The lowest BCUT2D eigenvalue weighted by Crippen LogP contribution is -2.20. The van der Waals surface area contributed by atoms with Crippen LogP contribution in [0.15, 0.2) is 24.3 Å². The first kappa shape index (κ1) is 10.5. The largest absolute Gasteiger partial charge is 0.508 e. The molecule has 0 aliphatic heterocycles. The number of benzene rings is 1. The topological polar surface area (TPSA) is 46.2 Å². The molecule has 0 radical (unpaired) electrons. The molecule has 0 saturated heterocycles. The molecule has 0 heterocycles. The summed E-state index contributed by atoms with van der Waals surface area (Å²) in [6, 6.07) is 7.68. The third kappa shape index (κ3) is 2.51. The quantitative estimate of drug-likeness (QED) is 0.779. The van der Waals surface area contributed by atoms with Crippen LogP contribution in [0.4, 0.5) is 0 Å². The Balaban J connectivity index is 2.01. The average molecular weight is 205 g/mol. The van der Waals surface area contributed by atoms with Gasteiger partial charge in [-0.2, -0.15) is 0 Å². The van der Waals surface area contributed by atoms with Gasteiger partial charge in [-0.1, -0.05) is 12.1 Å². The molecule has 2 heteroatoms. The molecular weight excluding hydrogens is 186 g/mol. The number of rotatable bonds is 2. The summed E-state index contributed by atoms with van der Waals surface area (Å²) in [4.78, 5) is 0. The van der Waals surface area contributed by atoms with Crippen molar-refractivity contribution in [1.82, 2.24) is 0 Å². The van der Waals surface area contributed by atoms with E-state index in [9.17, 15) is 5.11 Å². The maximum absolute atomic E-state index is 9.42. The van der Waals surface area contributed by atoms with E-state index in [1.165, 1.54) is 31.2 Å². The highest BCUT2D eigenvalue weighted by molar-refractivity contribution is 5.29. The molecule has 1 aromatic carbocycles. The highest BCUT2D eigenvalue weighted by Crippen LogP contribution is 2.36. The van der Waals surface area contributed by atoms with Crippen LogP contribution in [0, 0.1) is 5.92 Å². The predicted molar refractivity (Wildman–Crippen MR) is 61.9 cm³/mol. The summed E-state index contributed by atoms with van der Waals surface area (Å²) < 4.78 is 0. The van der Waals surface area contributed by atoms with E-state index < -0.39 is 0 Å². The van der Waals surface area contributed by atoms with Crippen LogP contribution in [0.1, 0.15) is 37.2 Å². The highest BCUT2D eigenvalue weighted by atomic mass is 16.3. The SMILES string of the molecule is NCC1CCC(c2cccc(O)c2)CC1. The van der Waals surface area contributed by atoms with E-state index >= 15 is 0 Å². The average Bonchev–Trinajstić information content (AvgIpc) is 2.29. The molecule has 1 fully saturated rings. The molecule has 3 N–H and O–H groups in total. The fourth-order valence-corrected chi connectivity index (χ4v) is 2.51. The zero-order valence-corrected chi connectivity index (χ0v) is 9.02. The molecule has 1 saturated carbocycles. The summed E-state index contributed by atoms with van der Waals surface area (Å²) in [7, 11) is 0. The van der Waals surface area contributed by atoms with Crippen molar-refractivity contribution in [2.24, 2.45) is 11.7 Å². The van der Waals surface area contributed by atoms with Gasteiger partial charge in [-0.15, -0.1) is 0 Å². The maximum Gasteiger partial charge on any atom is 0.115 e. The molecule has 2 rings (SSSR count). The number of phenolic OH excluding ortho intramolecular Hbond substituents is 1. The standard InChI is InChI=1S/C13H19NO/c14-9-10-4-6-11(7-5-10)12-2-1-3-13(15)8-12/h1-3,8,10-11,15H,4-7,9,14H2. The Morgan fingerprint density at radius 3 is 2.53 bits per heavy atom. The van der Waals surface area contributed by atoms with Crippen molar-refractivity contribution in [2.75, 3.05) is 6.54 Å². The molecule has 1 aromatic rings. The zero-order chi connectivity index (χ0) is 10.7. The number of aromatic hydroxyl groups is 1. The molecule has 82 valence electrons. The lowest BCUT2D eigenvalue weighted by Gasteiger charge is -2.27. The fourth-order valence-electron chi connectivity index (χ4n) is 2.51. The molecular formula is C13H19NO. The van der Waals surface area contributed by atoms with E-state index in [0.29, 0.717) is 11.7 Å². The van der Waals surface area contributed by atoms with E-state index in [4.69, 9.17) is 5.73 Å². The first-order valence-corrected chi connectivity index (χ1v) is 5.78. The summed E-state index contributed by atoms with van der Waals surface area (Å²) in [6.07, 6.45) is 4.89. The van der Waals surface area contributed by atoms with Crippen LogP contribution >= 0.6 is 0 Å². The van der Waals surface area contributed by atoms with Crippen LogP contribution in [-0.2, 0) is 0 Å². The van der Waals surface area contributed by atoms with Gasteiger partial charge in [0.2, 0.25) is 0 Å². The van der Waals surface area contributed by atoms with Crippen molar-refractivity contribution in [3.8, 4) is 5.75 Å². The Morgan fingerprint density at radius 1 is 1.20 bits per heavy atom. The Hall–Kier alpha value is -1.02. The van der Waals surface area contributed by atoms with Gasteiger partial charge in [-0.3, -0.25) is 0 Å². The van der Waals surface area contributed by atoms with Gasteiger partial charge in [0, 0.05) is 0 Å². The van der Waals surface area contributed by atoms with Crippen LogP contribution in [0.2, 0.25) is 0 Å². The molecule has 0 amide bonds. The van der Waals surface area contributed by atoms with E-state index in [1.807, 2.05) is 12.1 Å². The molecule has 2 nitrogen and oxygen atoms in total. The van der Waals surface area contributed by atoms with Gasteiger partial charge in [0.15, 0.2) is 0 Å². The minimum Gasteiger partial charge on any atom is -0.508 e. The Bertz CT molecular complexity index is 316. The minimum atomic E-state index is 0.383. The fraction of sp³-hybridized carbons (Fsp3) is 0.538. The van der Waals surface area contributed by atoms with Crippen molar-refractivity contribution >= 4 is 0 Å². The molecule has 1 aliphatic carbocycles. The molecule has 0 spiro atoms. The molecule has 0 aromatic heterocycles. The van der Waals surface area contributed by atoms with Crippen molar-refractivity contribution in [2.45, 2.75) is 31.6 Å². The second kappa shape index (κ2) is 4.67. The number of nitrogens with two attached hydrogens (primary N) is 1. The van der Waals surface area contributed by atoms with Crippen LogP contribution in [0.25, 0.3) is 0 Å². The van der Waals surface area contributed by atoms with E-state index in [0.717, 1.165) is 12.5 Å². The van der Waals surface area contributed by atoms with E-state index in [2.05, 4.69) is 6.07 Å². The summed E-state index contributed by atoms with van der Waals surface area (Å²) in [5.41, 5.74) is 6.95. The van der Waals surface area contributed by atoms with Crippen molar-refractivity contribution in [1.29, 1.82) is 0 Å². The maximum atomic E-state index is 9.42. The van der Waals surface area contributed by atoms with Crippen molar-refractivity contribution in [3.05, 3.63) is 29.8 Å².